The number of carboxylic acids is 1. The molecule has 1 aromatic heterocycles. The second kappa shape index (κ2) is 11.2. The molecule has 0 saturated carbocycles. The standard InChI is InChI=1S/C31H34N6O9/c1-7-29(3,4)30-14-23(38)27(43)36-22(26(42)34-31(30,36)37(46-6)20-11-9-8-10-19(20)30)12-18-15-35(16-32-18)21(13-24(39)40)25(41)33-17(2)28(44)45-5/h7-12,14-17,21,38H,1,13H2,2-6H3,(H,33,41)(H,34,42)(H,39,40)/b22-12-/t17-,21-,30-,31-/m0/s1. The maximum atomic E-state index is 13.9. The van der Waals surface area contributed by atoms with Crippen LogP contribution in [0.1, 0.15) is 44.5 Å². The van der Waals surface area contributed by atoms with E-state index in [1.165, 1.54) is 48.3 Å². The smallest absolute Gasteiger partial charge is 0.328 e. The van der Waals surface area contributed by atoms with Crippen LogP contribution in [0.3, 0.4) is 0 Å². The molecule has 1 fully saturated rings. The van der Waals surface area contributed by atoms with Crippen molar-refractivity contribution in [2.24, 2.45) is 5.41 Å². The number of aliphatic carboxylic acids is 1. The van der Waals surface area contributed by atoms with Crippen LogP contribution in [-0.2, 0) is 39.0 Å². The van der Waals surface area contributed by atoms with Crippen molar-refractivity contribution in [3.63, 3.8) is 0 Å². The molecule has 2 aromatic rings. The highest BCUT2D eigenvalue weighted by Gasteiger charge is 2.77. The fourth-order valence-corrected chi connectivity index (χ4v) is 6.58. The van der Waals surface area contributed by atoms with Crippen molar-refractivity contribution in [2.45, 2.75) is 50.5 Å². The minimum absolute atomic E-state index is 0.0845. The van der Waals surface area contributed by atoms with Crippen LogP contribution in [0.25, 0.3) is 6.08 Å². The Kier molecular flexibility index (Phi) is 7.76. The molecule has 0 aliphatic carbocycles. The van der Waals surface area contributed by atoms with Gasteiger partial charge in [0.2, 0.25) is 11.7 Å². The largest absolute Gasteiger partial charge is 0.503 e. The lowest BCUT2D eigenvalue weighted by Crippen LogP contribution is -2.76. The van der Waals surface area contributed by atoms with Gasteiger partial charge >= 0.3 is 11.9 Å². The Morgan fingerprint density at radius 2 is 1.91 bits per heavy atom. The Hall–Kier alpha value is -5.44. The Balaban J connectivity index is 1.63. The molecule has 4 N–H and O–H groups in total. The number of allylic oxidation sites excluding steroid dienone is 1. The molecule has 46 heavy (non-hydrogen) atoms. The third-order valence-electron chi connectivity index (χ3n) is 8.81. The first-order valence-electron chi connectivity index (χ1n) is 14.2. The number of carbonyl (C=O) groups excluding carboxylic acids is 4. The maximum absolute atomic E-state index is 13.9. The Morgan fingerprint density at radius 3 is 2.54 bits per heavy atom. The SMILES string of the molecule is C=CC(C)(C)[C@@]12C=C(O)C(=O)N3/C(=C\c4cn([C@@H](CC(=O)O)C(=O)N[C@@H](C)C(=O)OC)cn4)C(=O)N[C@]31N(OC)c1ccccc12. The number of aliphatic hydroxyl groups excluding tert-OH is 1. The van der Waals surface area contributed by atoms with Crippen LogP contribution >= 0.6 is 0 Å². The number of benzene rings is 1. The van der Waals surface area contributed by atoms with E-state index in [1.54, 1.807) is 24.3 Å². The second-order valence-corrected chi connectivity index (χ2v) is 11.7. The summed E-state index contributed by atoms with van der Waals surface area (Å²) >= 11 is 0. The topological polar surface area (TPSA) is 193 Å². The summed E-state index contributed by atoms with van der Waals surface area (Å²) in [5, 5.41) is 27.5. The number of imidazole rings is 1. The molecule has 15 heteroatoms. The highest BCUT2D eigenvalue weighted by molar-refractivity contribution is 6.10. The van der Waals surface area contributed by atoms with Gasteiger partial charge in [-0.15, -0.1) is 6.58 Å². The quantitative estimate of drug-likeness (QED) is 0.168. The van der Waals surface area contributed by atoms with Gasteiger partial charge in [0.1, 0.15) is 17.8 Å². The zero-order chi connectivity index (χ0) is 33.8. The molecule has 242 valence electrons. The van der Waals surface area contributed by atoms with Gasteiger partial charge in [-0.2, -0.15) is 0 Å². The number of anilines is 1. The predicted octanol–water partition coefficient (Wildman–Crippen LogP) is 1.52. The van der Waals surface area contributed by atoms with Crippen LogP contribution in [0.2, 0.25) is 0 Å². The molecule has 1 saturated heterocycles. The minimum atomic E-state index is -1.74. The van der Waals surface area contributed by atoms with Gasteiger partial charge < -0.3 is 30.2 Å². The van der Waals surface area contributed by atoms with E-state index in [9.17, 15) is 34.2 Å². The number of hydrogen-bond donors (Lipinski definition) is 4. The monoisotopic (exact) mass is 634 g/mol. The summed E-state index contributed by atoms with van der Waals surface area (Å²) in [6.45, 7) is 9.13. The summed E-state index contributed by atoms with van der Waals surface area (Å²) in [7, 11) is 2.55. The number of hydrogen-bond acceptors (Lipinski definition) is 10. The number of rotatable bonds is 10. The van der Waals surface area contributed by atoms with Crippen LogP contribution in [0.4, 0.5) is 5.69 Å². The van der Waals surface area contributed by atoms with Crippen molar-refractivity contribution in [3.8, 4) is 0 Å². The molecule has 1 aromatic carbocycles. The number of amides is 3. The number of carbonyl (C=O) groups is 5. The fraction of sp³-hybridized carbons (Fsp3) is 0.355. The molecule has 3 aliphatic heterocycles. The Bertz CT molecular complexity index is 1730. The number of methoxy groups -OCH3 is 1. The Labute approximate surface area is 263 Å². The molecule has 0 radical (unpaired) electrons. The second-order valence-electron chi connectivity index (χ2n) is 11.7. The zero-order valence-corrected chi connectivity index (χ0v) is 25.8. The van der Waals surface area contributed by atoms with Gasteiger partial charge in [0.15, 0.2) is 5.76 Å². The molecule has 0 unspecified atom stereocenters. The van der Waals surface area contributed by atoms with Crippen LogP contribution in [0.15, 0.2) is 67.0 Å². The van der Waals surface area contributed by atoms with Crippen molar-refractivity contribution in [1.82, 2.24) is 25.1 Å². The van der Waals surface area contributed by atoms with E-state index in [-0.39, 0.29) is 11.4 Å². The molecule has 4 atom stereocenters. The molecule has 5 rings (SSSR count). The number of aliphatic hydroxyl groups is 1. The van der Waals surface area contributed by atoms with Gasteiger partial charge in [0.05, 0.1) is 43.8 Å². The van der Waals surface area contributed by atoms with Gasteiger partial charge in [-0.05, 0) is 30.7 Å². The zero-order valence-electron chi connectivity index (χ0n) is 25.8. The van der Waals surface area contributed by atoms with Gasteiger partial charge in [-0.3, -0.25) is 28.9 Å². The first-order chi connectivity index (χ1) is 21.7. The number of ether oxygens (including phenoxy) is 1. The number of carboxylic acid groups (broad SMARTS) is 1. The third-order valence-corrected chi connectivity index (χ3v) is 8.81. The number of para-hydroxylation sites is 1. The normalized spacial score (nSPS) is 23.9. The first kappa shape index (κ1) is 32.0. The maximum Gasteiger partial charge on any atom is 0.328 e. The van der Waals surface area contributed by atoms with Crippen LogP contribution in [0.5, 0.6) is 0 Å². The third kappa shape index (κ3) is 4.37. The van der Waals surface area contributed by atoms with Gasteiger partial charge in [-0.1, -0.05) is 38.1 Å². The number of esters is 1. The average Bonchev–Trinajstić information content (AvgIpc) is 3.67. The van der Waals surface area contributed by atoms with Crippen molar-refractivity contribution >= 4 is 41.4 Å². The van der Waals surface area contributed by atoms with E-state index < -0.39 is 70.5 Å². The first-order valence-corrected chi connectivity index (χ1v) is 14.2. The lowest BCUT2D eigenvalue weighted by molar-refractivity contribution is -0.145. The van der Waals surface area contributed by atoms with Crippen molar-refractivity contribution in [2.75, 3.05) is 19.3 Å². The highest BCUT2D eigenvalue weighted by Crippen LogP contribution is 2.64. The van der Waals surface area contributed by atoms with Crippen molar-refractivity contribution in [3.05, 3.63) is 78.2 Å². The molecular weight excluding hydrogens is 600 g/mol. The molecule has 3 amide bonds. The predicted molar refractivity (Wildman–Crippen MR) is 161 cm³/mol. The van der Waals surface area contributed by atoms with Crippen molar-refractivity contribution < 1.29 is 43.8 Å². The van der Waals surface area contributed by atoms with E-state index in [0.29, 0.717) is 11.3 Å². The lowest BCUT2D eigenvalue weighted by atomic mass is 9.57. The molecule has 0 bridgehead atoms. The van der Waals surface area contributed by atoms with Gasteiger partial charge in [0.25, 0.3) is 11.8 Å². The number of nitrogens with one attached hydrogen (secondary N) is 2. The van der Waals surface area contributed by atoms with E-state index >= 15 is 0 Å². The molecule has 15 nitrogen and oxygen atoms in total. The molecule has 4 heterocycles. The summed E-state index contributed by atoms with van der Waals surface area (Å²) in [6.07, 6.45) is 6.24. The van der Waals surface area contributed by atoms with E-state index in [2.05, 4.69) is 26.9 Å². The summed E-state index contributed by atoms with van der Waals surface area (Å²) in [5.41, 5.74) is -1.16. The number of aromatic nitrogens is 2. The molecule has 3 aliphatic rings. The lowest BCUT2D eigenvalue weighted by Gasteiger charge is -2.56. The van der Waals surface area contributed by atoms with Crippen LogP contribution < -0.4 is 15.7 Å². The number of nitrogens with zero attached hydrogens (tertiary/aromatic N) is 4. The minimum Gasteiger partial charge on any atom is -0.503 e. The van der Waals surface area contributed by atoms with Crippen molar-refractivity contribution in [1.29, 1.82) is 0 Å². The molecular formula is C31H34N6O9. The van der Waals surface area contributed by atoms with E-state index in [4.69, 9.17) is 4.84 Å². The van der Waals surface area contributed by atoms with Crippen LogP contribution in [0, 0.1) is 5.41 Å². The van der Waals surface area contributed by atoms with E-state index in [0.717, 1.165) is 12.0 Å². The average molecular weight is 635 g/mol. The summed E-state index contributed by atoms with van der Waals surface area (Å²) in [5.74, 6) is -6.74. The molecule has 1 spiro atoms. The highest BCUT2D eigenvalue weighted by atomic mass is 16.7. The number of hydroxylamine groups is 1. The van der Waals surface area contributed by atoms with Crippen LogP contribution in [-0.4, -0.2) is 80.4 Å². The van der Waals surface area contributed by atoms with Gasteiger partial charge in [0, 0.05) is 11.6 Å². The fourth-order valence-electron chi connectivity index (χ4n) is 6.58. The van der Waals surface area contributed by atoms with Gasteiger partial charge in [-0.25, -0.2) is 14.8 Å². The summed E-state index contributed by atoms with van der Waals surface area (Å²) < 4.78 is 5.84. The Morgan fingerprint density at radius 1 is 1.22 bits per heavy atom. The van der Waals surface area contributed by atoms with E-state index in [1.807, 2.05) is 19.9 Å². The summed E-state index contributed by atoms with van der Waals surface area (Å²) in [4.78, 5) is 75.5. The number of fused-ring (bicyclic) bond motifs is 2. The summed E-state index contributed by atoms with van der Waals surface area (Å²) in [6, 6.07) is 4.79.